The van der Waals surface area contributed by atoms with E-state index in [2.05, 4.69) is 15.9 Å². The Morgan fingerprint density at radius 3 is 2.55 bits per heavy atom. The maximum Gasteiger partial charge on any atom is 0.311 e. The first kappa shape index (κ1) is 19.1. The van der Waals surface area contributed by atoms with Gasteiger partial charge in [-0.15, -0.1) is 0 Å². The van der Waals surface area contributed by atoms with Crippen LogP contribution in [0.4, 0.5) is 0 Å². The zero-order valence-electron chi connectivity index (χ0n) is 13.3. The number of aliphatic hydroxyl groups excluding tert-OH is 1. The monoisotopic (exact) mass is 372 g/mol. The van der Waals surface area contributed by atoms with Crippen molar-refractivity contribution in [1.29, 1.82) is 0 Å². The molecule has 0 saturated carbocycles. The lowest BCUT2D eigenvalue weighted by Gasteiger charge is -2.25. The van der Waals surface area contributed by atoms with Gasteiger partial charge in [0, 0.05) is 18.0 Å². The van der Waals surface area contributed by atoms with E-state index in [0.717, 1.165) is 5.56 Å². The van der Waals surface area contributed by atoms with Crippen LogP contribution in [0.2, 0.25) is 0 Å². The van der Waals surface area contributed by atoms with Crippen LogP contribution in [0.3, 0.4) is 0 Å². The molecule has 4 nitrogen and oxygen atoms in total. The molecular weight excluding hydrogens is 348 g/mol. The van der Waals surface area contributed by atoms with Gasteiger partial charge in [0.1, 0.15) is 6.61 Å². The summed E-state index contributed by atoms with van der Waals surface area (Å²) in [7, 11) is 0. The third kappa shape index (κ3) is 6.90. The molecule has 0 aliphatic heterocycles. The van der Waals surface area contributed by atoms with Gasteiger partial charge in [-0.05, 0) is 32.3 Å². The van der Waals surface area contributed by atoms with Gasteiger partial charge in [0.25, 0.3) is 0 Å². The van der Waals surface area contributed by atoms with Gasteiger partial charge in [-0.25, -0.2) is 0 Å². The number of hydrogen-bond acceptors (Lipinski definition) is 4. The lowest BCUT2D eigenvalue weighted by Crippen LogP contribution is -2.29. The summed E-state index contributed by atoms with van der Waals surface area (Å²) in [6.07, 6.45) is 1.25. The Morgan fingerprint density at radius 1 is 1.23 bits per heavy atom. The predicted octanol–water partition coefficient (Wildman–Crippen LogP) is 3.48. The molecular formula is C17H25BrO4. The van der Waals surface area contributed by atoms with Gasteiger partial charge in [-0.1, -0.05) is 46.3 Å². The molecule has 1 aromatic carbocycles. The van der Waals surface area contributed by atoms with Crippen molar-refractivity contribution in [1.82, 2.24) is 0 Å². The minimum absolute atomic E-state index is 0.108. The van der Waals surface area contributed by atoms with Crippen molar-refractivity contribution in [2.24, 2.45) is 5.41 Å². The molecule has 1 N–H and O–H groups in total. The Labute approximate surface area is 140 Å². The topological polar surface area (TPSA) is 55.8 Å². The molecule has 0 aromatic heterocycles. The summed E-state index contributed by atoms with van der Waals surface area (Å²) in [5.74, 6) is -0.223. The first-order chi connectivity index (χ1) is 10.5. The van der Waals surface area contributed by atoms with E-state index in [4.69, 9.17) is 14.6 Å². The molecule has 1 aromatic rings. The summed E-state index contributed by atoms with van der Waals surface area (Å²) in [5.41, 5.74) is 0.575. The molecule has 0 spiro atoms. The molecule has 124 valence electrons. The van der Waals surface area contributed by atoms with E-state index in [1.807, 2.05) is 44.2 Å². The number of ether oxygens (including phenoxy) is 2. The summed E-state index contributed by atoms with van der Waals surface area (Å²) in [6, 6.07) is 10.0. The van der Waals surface area contributed by atoms with Crippen molar-refractivity contribution in [3.8, 4) is 0 Å². The van der Waals surface area contributed by atoms with Crippen LogP contribution in [0.1, 0.15) is 37.1 Å². The fourth-order valence-corrected chi connectivity index (χ4v) is 3.08. The minimum Gasteiger partial charge on any atom is -0.463 e. The van der Waals surface area contributed by atoms with Gasteiger partial charge in [-0.2, -0.15) is 0 Å². The fourth-order valence-electron chi connectivity index (χ4n) is 1.97. The fraction of sp³-hybridized carbons (Fsp3) is 0.588. The molecule has 0 amide bonds. The van der Waals surface area contributed by atoms with Crippen molar-refractivity contribution in [3.63, 3.8) is 0 Å². The molecule has 5 heteroatoms. The molecule has 0 aliphatic rings. The second-order valence-electron chi connectivity index (χ2n) is 5.79. The summed E-state index contributed by atoms with van der Waals surface area (Å²) in [5, 5.41) is 8.63. The quantitative estimate of drug-likeness (QED) is 0.388. The van der Waals surface area contributed by atoms with Crippen molar-refractivity contribution < 1.29 is 19.4 Å². The number of alkyl halides is 1. The molecule has 22 heavy (non-hydrogen) atoms. The highest BCUT2D eigenvalue weighted by Crippen LogP contribution is 2.36. The van der Waals surface area contributed by atoms with Crippen LogP contribution in [0.15, 0.2) is 30.3 Å². The maximum atomic E-state index is 12.2. The normalized spacial score (nSPS) is 12.9. The van der Waals surface area contributed by atoms with Crippen molar-refractivity contribution in [3.05, 3.63) is 35.9 Å². The molecule has 0 saturated heterocycles. The third-order valence-corrected chi connectivity index (χ3v) is 4.16. The molecule has 0 bridgehead atoms. The Bertz CT molecular complexity index is 434. The Kier molecular flexibility index (Phi) is 8.68. The molecule has 1 atom stereocenters. The number of esters is 1. The third-order valence-electron chi connectivity index (χ3n) is 3.31. The van der Waals surface area contributed by atoms with Crippen LogP contribution < -0.4 is 0 Å². The number of carbonyl (C=O) groups excluding carboxylic acids is 1. The summed E-state index contributed by atoms with van der Waals surface area (Å²) in [4.78, 5) is 12.3. The molecule has 0 aliphatic carbocycles. The zero-order chi connectivity index (χ0) is 16.4. The van der Waals surface area contributed by atoms with E-state index in [1.54, 1.807) is 0 Å². The van der Waals surface area contributed by atoms with E-state index in [0.29, 0.717) is 26.1 Å². The molecule has 0 fully saturated rings. The highest BCUT2D eigenvalue weighted by molar-refractivity contribution is 9.09. The molecule has 1 unspecified atom stereocenters. The number of carbonyl (C=O) groups is 1. The molecule has 0 radical (unpaired) electrons. The standard InChI is InChI=1S/C17H25BrO4/c1-17(2,13-15(18)14-7-4-3-5-8-14)16(20)22-12-11-21-10-6-9-19/h3-5,7-8,15,19H,6,9-13H2,1-2H3. The summed E-state index contributed by atoms with van der Waals surface area (Å²) < 4.78 is 10.5. The van der Waals surface area contributed by atoms with Crippen LogP contribution in [0, 0.1) is 5.41 Å². The Hall–Kier alpha value is -0.910. The van der Waals surface area contributed by atoms with E-state index in [9.17, 15) is 4.79 Å². The SMILES string of the molecule is CC(C)(CC(Br)c1ccccc1)C(=O)OCCOCCCO. The highest BCUT2D eigenvalue weighted by Gasteiger charge is 2.32. The maximum absolute atomic E-state index is 12.2. The summed E-state index contributed by atoms with van der Waals surface area (Å²) in [6.45, 7) is 4.97. The Morgan fingerprint density at radius 2 is 1.91 bits per heavy atom. The van der Waals surface area contributed by atoms with Gasteiger partial charge >= 0.3 is 5.97 Å². The first-order valence-electron chi connectivity index (χ1n) is 7.52. The van der Waals surface area contributed by atoms with Crippen LogP contribution in [-0.4, -0.2) is 37.5 Å². The lowest BCUT2D eigenvalue weighted by molar-refractivity contribution is -0.155. The number of aliphatic hydroxyl groups is 1. The second-order valence-corrected chi connectivity index (χ2v) is 6.90. The number of rotatable bonds is 10. The van der Waals surface area contributed by atoms with Crippen LogP contribution >= 0.6 is 15.9 Å². The zero-order valence-corrected chi connectivity index (χ0v) is 14.8. The Balaban J connectivity index is 2.36. The van der Waals surface area contributed by atoms with Gasteiger partial charge < -0.3 is 14.6 Å². The van der Waals surface area contributed by atoms with Crippen LogP contribution in [0.5, 0.6) is 0 Å². The van der Waals surface area contributed by atoms with Crippen molar-refractivity contribution in [2.75, 3.05) is 26.4 Å². The van der Waals surface area contributed by atoms with Gasteiger partial charge in [0.2, 0.25) is 0 Å². The summed E-state index contributed by atoms with van der Waals surface area (Å²) >= 11 is 3.64. The minimum atomic E-state index is -0.574. The largest absolute Gasteiger partial charge is 0.463 e. The second kappa shape index (κ2) is 9.98. The van der Waals surface area contributed by atoms with Gasteiger partial charge in [-0.3, -0.25) is 4.79 Å². The molecule has 0 heterocycles. The van der Waals surface area contributed by atoms with E-state index >= 15 is 0 Å². The van der Waals surface area contributed by atoms with E-state index in [1.165, 1.54) is 0 Å². The first-order valence-corrected chi connectivity index (χ1v) is 8.44. The van der Waals surface area contributed by atoms with Gasteiger partial charge in [0.05, 0.1) is 12.0 Å². The van der Waals surface area contributed by atoms with E-state index in [-0.39, 0.29) is 24.0 Å². The average Bonchev–Trinajstić information content (AvgIpc) is 2.51. The lowest BCUT2D eigenvalue weighted by atomic mass is 9.86. The smallest absolute Gasteiger partial charge is 0.311 e. The van der Waals surface area contributed by atoms with Crippen LogP contribution in [0.25, 0.3) is 0 Å². The number of hydrogen-bond donors (Lipinski definition) is 1. The van der Waals surface area contributed by atoms with Gasteiger partial charge in [0.15, 0.2) is 0 Å². The number of benzene rings is 1. The molecule has 1 rings (SSSR count). The van der Waals surface area contributed by atoms with E-state index < -0.39 is 5.41 Å². The predicted molar refractivity (Wildman–Crippen MR) is 90.0 cm³/mol. The van der Waals surface area contributed by atoms with Crippen molar-refractivity contribution in [2.45, 2.75) is 31.5 Å². The highest BCUT2D eigenvalue weighted by atomic mass is 79.9. The number of halogens is 1. The van der Waals surface area contributed by atoms with Crippen molar-refractivity contribution >= 4 is 21.9 Å². The average molecular weight is 373 g/mol. The van der Waals surface area contributed by atoms with Crippen LogP contribution in [-0.2, 0) is 14.3 Å².